The molecular formula is C16H26N2O. The van der Waals surface area contributed by atoms with Gasteiger partial charge in [-0.15, -0.1) is 0 Å². The van der Waals surface area contributed by atoms with E-state index in [0.29, 0.717) is 12.0 Å². The molecule has 0 saturated carbocycles. The van der Waals surface area contributed by atoms with Crippen LogP contribution in [-0.2, 0) is 11.2 Å². The van der Waals surface area contributed by atoms with E-state index in [0.717, 1.165) is 25.9 Å². The van der Waals surface area contributed by atoms with E-state index in [1.165, 1.54) is 17.5 Å². The number of hydrogen-bond acceptors (Lipinski definition) is 3. The molecule has 19 heavy (non-hydrogen) atoms. The van der Waals surface area contributed by atoms with Crippen molar-refractivity contribution in [1.29, 1.82) is 0 Å². The minimum Gasteiger partial charge on any atom is -0.378 e. The van der Waals surface area contributed by atoms with Crippen molar-refractivity contribution in [2.75, 3.05) is 6.61 Å². The molecule has 3 heteroatoms. The van der Waals surface area contributed by atoms with Crippen LogP contribution in [0.1, 0.15) is 50.3 Å². The molecule has 3 unspecified atom stereocenters. The molecule has 1 aliphatic heterocycles. The molecule has 1 fully saturated rings. The van der Waals surface area contributed by atoms with Gasteiger partial charge in [0.25, 0.3) is 0 Å². The summed E-state index contributed by atoms with van der Waals surface area (Å²) in [5.74, 6) is 6.27. The summed E-state index contributed by atoms with van der Waals surface area (Å²) in [5, 5.41) is 0. The summed E-state index contributed by atoms with van der Waals surface area (Å²) in [6.45, 7) is 5.25. The number of ether oxygens (including phenoxy) is 1. The number of hydrogen-bond donors (Lipinski definition) is 2. The molecule has 1 aromatic rings. The van der Waals surface area contributed by atoms with E-state index >= 15 is 0 Å². The molecular weight excluding hydrogens is 236 g/mol. The van der Waals surface area contributed by atoms with Gasteiger partial charge in [0.2, 0.25) is 0 Å². The van der Waals surface area contributed by atoms with Crippen molar-refractivity contribution in [3.63, 3.8) is 0 Å². The minimum atomic E-state index is 0.197. The Morgan fingerprint density at radius 3 is 2.63 bits per heavy atom. The molecule has 3 atom stereocenters. The van der Waals surface area contributed by atoms with Crippen molar-refractivity contribution in [2.45, 2.75) is 51.7 Å². The molecule has 0 aliphatic carbocycles. The smallest absolute Gasteiger partial charge is 0.0620 e. The van der Waals surface area contributed by atoms with Crippen LogP contribution in [0.25, 0.3) is 0 Å². The zero-order valence-corrected chi connectivity index (χ0v) is 12.1. The van der Waals surface area contributed by atoms with Crippen LogP contribution >= 0.6 is 0 Å². The largest absolute Gasteiger partial charge is 0.378 e. The first-order chi connectivity index (χ1) is 9.30. The van der Waals surface area contributed by atoms with Crippen molar-refractivity contribution in [3.05, 3.63) is 35.4 Å². The summed E-state index contributed by atoms with van der Waals surface area (Å²) in [6, 6.07) is 9.06. The third-order valence-corrected chi connectivity index (χ3v) is 4.15. The standard InChI is InChI=1S/C16H26N2O/c1-3-5-12-6-8-13(9-7-12)16(18-17)14-10-11-19-15(14)4-2/h6-9,14-16,18H,3-5,10-11,17H2,1-2H3. The second kappa shape index (κ2) is 7.04. The third kappa shape index (κ3) is 3.35. The topological polar surface area (TPSA) is 47.3 Å². The Bertz CT molecular complexity index is 377. The highest BCUT2D eigenvalue weighted by Crippen LogP contribution is 2.34. The van der Waals surface area contributed by atoms with Gasteiger partial charge in [-0.3, -0.25) is 11.3 Å². The zero-order valence-electron chi connectivity index (χ0n) is 12.1. The quantitative estimate of drug-likeness (QED) is 0.612. The maximum absolute atomic E-state index is 5.79. The first-order valence-corrected chi connectivity index (χ1v) is 7.46. The highest BCUT2D eigenvalue weighted by Gasteiger charge is 2.33. The van der Waals surface area contributed by atoms with Gasteiger partial charge in [-0.05, 0) is 30.4 Å². The van der Waals surface area contributed by atoms with Crippen molar-refractivity contribution < 1.29 is 4.74 Å². The fourth-order valence-electron chi connectivity index (χ4n) is 3.11. The van der Waals surface area contributed by atoms with Crippen LogP contribution in [0.5, 0.6) is 0 Å². The van der Waals surface area contributed by atoms with E-state index in [4.69, 9.17) is 10.6 Å². The Balaban J connectivity index is 2.12. The molecule has 1 saturated heterocycles. The SMILES string of the molecule is CCCc1ccc(C(NN)C2CCOC2CC)cc1. The molecule has 0 spiro atoms. The van der Waals surface area contributed by atoms with Crippen molar-refractivity contribution >= 4 is 0 Å². The van der Waals surface area contributed by atoms with Crippen LogP contribution in [0, 0.1) is 5.92 Å². The van der Waals surface area contributed by atoms with Crippen LogP contribution in [-0.4, -0.2) is 12.7 Å². The Kier molecular flexibility index (Phi) is 5.37. The van der Waals surface area contributed by atoms with Gasteiger partial charge in [-0.2, -0.15) is 0 Å². The average molecular weight is 262 g/mol. The summed E-state index contributed by atoms with van der Waals surface area (Å²) in [7, 11) is 0. The van der Waals surface area contributed by atoms with Crippen LogP contribution < -0.4 is 11.3 Å². The summed E-state index contributed by atoms with van der Waals surface area (Å²) in [5.41, 5.74) is 5.67. The summed E-state index contributed by atoms with van der Waals surface area (Å²) >= 11 is 0. The van der Waals surface area contributed by atoms with E-state index in [1.54, 1.807) is 0 Å². The molecule has 0 amide bonds. The Labute approximate surface area is 116 Å². The maximum Gasteiger partial charge on any atom is 0.0620 e. The lowest BCUT2D eigenvalue weighted by Crippen LogP contribution is -2.36. The van der Waals surface area contributed by atoms with Crippen molar-refractivity contribution in [3.8, 4) is 0 Å². The average Bonchev–Trinajstić information content (AvgIpc) is 2.90. The molecule has 0 bridgehead atoms. The first kappa shape index (κ1) is 14.5. The Morgan fingerprint density at radius 2 is 2.05 bits per heavy atom. The van der Waals surface area contributed by atoms with Gasteiger partial charge in [0.1, 0.15) is 0 Å². The maximum atomic E-state index is 5.79. The Hall–Kier alpha value is -0.900. The summed E-state index contributed by atoms with van der Waals surface area (Å²) in [4.78, 5) is 0. The van der Waals surface area contributed by atoms with Crippen LogP contribution in [0.2, 0.25) is 0 Å². The number of rotatable bonds is 6. The van der Waals surface area contributed by atoms with Gasteiger partial charge in [-0.1, -0.05) is 44.5 Å². The van der Waals surface area contributed by atoms with Gasteiger partial charge < -0.3 is 4.74 Å². The lowest BCUT2D eigenvalue weighted by Gasteiger charge is -2.27. The molecule has 2 rings (SSSR count). The van der Waals surface area contributed by atoms with E-state index in [2.05, 4.69) is 43.5 Å². The highest BCUT2D eigenvalue weighted by atomic mass is 16.5. The third-order valence-electron chi connectivity index (χ3n) is 4.15. The van der Waals surface area contributed by atoms with Gasteiger partial charge in [0, 0.05) is 12.5 Å². The van der Waals surface area contributed by atoms with E-state index in [-0.39, 0.29) is 6.04 Å². The fourth-order valence-corrected chi connectivity index (χ4v) is 3.11. The number of aryl methyl sites for hydroxylation is 1. The molecule has 3 N–H and O–H groups in total. The summed E-state index contributed by atoms with van der Waals surface area (Å²) < 4.78 is 5.79. The predicted octanol–water partition coefficient (Wildman–Crippen LogP) is 2.96. The Morgan fingerprint density at radius 1 is 1.32 bits per heavy atom. The predicted molar refractivity (Wildman–Crippen MR) is 78.6 cm³/mol. The number of hydrazine groups is 1. The molecule has 1 aromatic carbocycles. The lowest BCUT2D eigenvalue weighted by atomic mass is 9.87. The van der Waals surface area contributed by atoms with Crippen LogP contribution in [0.3, 0.4) is 0 Å². The number of nitrogens with two attached hydrogens (primary N) is 1. The molecule has 106 valence electrons. The number of nitrogens with one attached hydrogen (secondary N) is 1. The number of benzene rings is 1. The van der Waals surface area contributed by atoms with E-state index in [9.17, 15) is 0 Å². The van der Waals surface area contributed by atoms with Gasteiger partial charge in [0.15, 0.2) is 0 Å². The molecule has 1 aliphatic rings. The van der Waals surface area contributed by atoms with Gasteiger partial charge >= 0.3 is 0 Å². The summed E-state index contributed by atoms with van der Waals surface area (Å²) in [6.07, 6.45) is 4.80. The second-order valence-electron chi connectivity index (χ2n) is 5.41. The fraction of sp³-hybridized carbons (Fsp3) is 0.625. The van der Waals surface area contributed by atoms with Gasteiger partial charge in [-0.25, -0.2) is 0 Å². The normalized spacial score (nSPS) is 24.6. The minimum absolute atomic E-state index is 0.197. The molecule has 1 heterocycles. The van der Waals surface area contributed by atoms with E-state index in [1.807, 2.05) is 0 Å². The molecule has 0 radical (unpaired) electrons. The van der Waals surface area contributed by atoms with Crippen LogP contribution in [0.15, 0.2) is 24.3 Å². The monoisotopic (exact) mass is 262 g/mol. The second-order valence-corrected chi connectivity index (χ2v) is 5.41. The molecule has 3 nitrogen and oxygen atoms in total. The van der Waals surface area contributed by atoms with E-state index < -0.39 is 0 Å². The van der Waals surface area contributed by atoms with Gasteiger partial charge in [0.05, 0.1) is 12.1 Å². The van der Waals surface area contributed by atoms with Crippen LogP contribution in [0.4, 0.5) is 0 Å². The lowest BCUT2D eigenvalue weighted by molar-refractivity contribution is 0.0774. The zero-order chi connectivity index (χ0) is 13.7. The van der Waals surface area contributed by atoms with Crippen molar-refractivity contribution in [1.82, 2.24) is 5.43 Å². The highest BCUT2D eigenvalue weighted by molar-refractivity contribution is 5.26. The first-order valence-electron chi connectivity index (χ1n) is 7.46. The van der Waals surface area contributed by atoms with Crippen molar-refractivity contribution in [2.24, 2.45) is 11.8 Å². The molecule has 0 aromatic heterocycles.